The van der Waals surface area contributed by atoms with E-state index in [1.165, 1.54) is 0 Å². The van der Waals surface area contributed by atoms with Crippen molar-refractivity contribution in [1.82, 2.24) is 15.1 Å². The minimum absolute atomic E-state index is 0.0975. The highest BCUT2D eigenvalue weighted by Crippen LogP contribution is 2.34. The molecule has 0 bridgehead atoms. The lowest BCUT2D eigenvalue weighted by Gasteiger charge is -2.27. The topological polar surface area (TPSA) is 56.1 Å². The Bertz CT molecular complexity index is 445. The van der Waals surface area contributed by atoms with Crippen molar-refractivity contribution in [3.8, 4) is 5.75 Å². The fourth-order valence-electron chi connectivity index (χ4n) is 1.74. The molecule has 0 saturated heterocycles. The van der Waals surface area contributed by atoms with Gasteiger partial charge in [-0.2, -0.15) is 5.10 Å². The monoisotopic (exact) mass is 237 g/mol. The van der Waals surface area contributed by atoms with Crippen LogP contribution in [0.25, 0.3) is 0 Å². The standard InChI is InChI=1S/C12H19N3O2/c1-7-10-9(17-11(16)13-7)6-15(14-10)8(2)12(3,4)5/h6-8H,1-5H3,(H,13,16). The fourth-order valence-corrected chi connectivity index (χ4v) is 1.74. The maximum Gasteiger partial charge on any atom is 0.413 e. The predicted octanol–water partition coefficient (Wildman–Crippen LogP) is 2.65. The molecule has 0 aromatic carbocycles. The number of rotatable bonds is 1. The molecule has 1 N–H and O–H groups in total. The van der Waals surface area contributed by atoms with Crippen LogP contribution in [0.4, 0.5) is 4.79 Å². The smallest absolute Gasteiger partial charge is 0.407 e. The summed E-state index contributed by atoms with van der Waals surface area (Å²) in [5.41, 5.74) is 0.899. The molecule has 2 heterocycles. The van der Waals surface area contributed by atoms with Gasteiger partial charge in [-0.1, -0.05) is 20.8 Å². The van der Waals surface area contributed by atoms with E-state index in [1.807, 2.05) is 11.6 Å². The molecule has 0 spiro atoms. The first-order chi connectivity index (χ1) is 7.79. The van der Waals surface area contributed by atoms with Crippen LogP contribution in [0, 0.1) is 5.41 Å². The molecule has 5 nitrogen and oxygen atoms in total. The molecule has 5 heteroatoms. The van der Waals surface area contributed by atoms with Gasteiger partial charge in [-0.05, 0) is 19.3 Å². The van der Waals surface area contributed by atoms with E-state index in [2.05, 4.69) is 38.1 Å². The maximum absolute atomic E-state index is 11.2. The summed E-state index contributed by atoms with van der Waals surface area (Å²) in [4.78, 5) is 11.2. The van der Waals surface area contributed by atoms with E-state index in [1.54, 1.807) is 6.20 Å². The second kappa shape index (κ2) is 3.75. The fraction of sp³-hybridized carbons (Fsp3) is 0.667. The number of aromatic nitrogens is 2. The van der Waals surface area contributed by atoms with E-state index < -0.39 is 6.09 Å². The Hall–Kier alpha value is -1.52. The third kappa shape index (κ3) is 2.14. The molecular weight excluding hydrogens is 218 g/mol. The lowest BCUT2D eigenvalue weighted by atomic mass is 9.88. The van der Waals surface area contributed by atoms with Crippen molar-refractivity contribution < 1.29 is 9.53 Å². The molecule has 0 fully saturated rings. The van der Waals surface area contributed by atoms with Gasteiger partial charge in [0.25, 0.3) is 0 Å². The van der Waals surface area contributed by atoms with Crippen LogP contribution in [-0.2, 0) is 0 Å². The quantitative estimate of drug-likeness (QED) is 0.817. The summed E-state index contributed by atoms with van der Waals surface area (Å²) in [6.07, 6.45) is 1.40. The molecule has 2 atom stereocenters. The third-order valence-corrected chi connectivity index (χ3v) is 3.32. The van der Waals surface area contributed by atoms with Crippen LogP contribution >= 0.6 is 0 Å². The first-order valence-corrected chi connectivity index (χ1v) is 5.86. The van der Waals surface area contributed by atoms with Crippen molar-refractivity contribution in [2.75, 3.05) is 0 Å². The molecule has 1 aromatic heterocycles. The third-order valence-electron chi connectivity index (χ3n) is 3.32. The van der Waals surface area contributed by atoms with Crippen molar-refractivity contribution in [2.45, 2.75) is 46.7 Å². The second-order valence-corrected chi connectivity index (χ2v) is 5.66. The Labute approximate surface area is 101 Å². The van der Waals surface area contributed by atoms with Crippen LogP contribution in [0.1, 0.15) is 52.4 Å². The number of nitrogens with one attached hydrogen (secondary N) is 1. The van der Waals surface area contributed by atoms with Crippen LogP contribution in [0.15, 0.2) is 6.20 Å². The van der Waals surface area contributed by atoms with Gasteiger partial charge in [0.2, 0.25) is 0 Å². The first-order valence-electron chi connectivity index (χ1n) is 5.86. The molecule has 94 valence electrons. The molecule has 2 unspecified atom stereocenters. The highest BCUT2D eigenvalue weighted by Gasteiger charge is 2.29. The van der Waals surface area contributed by atoms with Gasteiger partial charge in [0.15, 0.2) is 5.75 Å². The summed E-state index contributed by atoms with van der Waals surface area (Å²) in [7, 11) is 0. The van der Waals surface area contributed by atoms with Gasteiger partial charge < -0.3 is 10.1 Å². The molecule has 1 aliphatic rings. The van der Waals surface area contributed by atoms with Gasteiger partial charge in [0, 0.05) is 0 Å². The summed E-state index contributed by atoms with van der Waals surface area (Å²) in [5, 5.41) is 7.20. The van der Waals surface area contributed by atoms with E-state index in [0.717, 1.165) is 5.69 Å². The number of carbonyl (C=O) groups is 1. The van der Waals surface area contributed by atoms with Gasteiger partial charge in [-0.3, -0.25) is 4.68 Å². The summed E-state index contributed by atoms with van der Waals surface area (Å²) in [6.45, 7) is 10.5. The summed E-state index contributed by atoms with van der Waals surface area (Å²) in [6, 6.07) is 0.138. The Kier molecular flexibility index (Phi) is 2.64. The average molecular weight is 237 g/mol. The van der Waals surface area contributed by atoms with E-state index in [0.29, 0.717) is 5.75 Å². The average Bonchev–Trinajstić information content (AvgIpc) is 2.58. The minimum Gasteiger partial charge on any atom is -0.407 e. The summed E-state index contributed by atoms with van der Waals surface area (Å²) < 4.78 is 6.99. The normalized spacial score (nSPS) is 21.5. The van der Waals surface area contributed by atoms with E-state index in [-0.39, 0.29) is 17.5 Å². The van der Waals surface area contributed by atoms with Crippen molar-refractivity contribution in [2.24, 2.45) is 5.41 Å². The zero-order chi connectivity index (χ0) is 12.8. The van der Waals surface area contributed by atoms with Crippen molar-refractivity contribution in [3.63, 3.8) is 0 Å². The zero-order valence-electron chi connectivity index (χ0n) is 10.9. The van der Waals surface area contributed by atoms with E-state index >= 15 is 0 Å². The minimum atomic E-state index is -0.409. The van der Waals surface area contributed by atoms with Crippen LogP contribution in [0.2, 0.25) is 0 Å². The molecular formula is C12H19N3O2. The largest absolute Gasteiger partial charge is 0.413 e. The predicted molar refractivity (Wildman–Crippen MR) is 64.0 cm³/mol. The van der Waals surface area contributed by atoms with Gasteiger partial charge in [0.05, 0.1) is 18.3 Å². The maximum atomic E-state index is 11.2. The van der Waals surface area contributed by atoms with Crippen LogP contribution in [-0.4, -0.2) is 15.9 Å². The summed E-state index contributed by atoms with van der Waals surface area (Å²) in [5.74, 6) is 0.567. The van der Waals surface area contributed by atoms with Crippen molar-refractivity contribution in [1.29, 1.82) is 0 Å². The molecule has 0 saturated carbocycles. The van der Waals surface area contributed by atoms with Gasteiger partial charge in [-0.15, -0.1) is 0 Å². The molecule has 1 amide bonds. The van der Waals surface area contributed by atoms with Gasteiger partial charge >= 0.3 is 6.09 Å². The number of carbonyl (C=O) groups excluding carboxylic acids is 1. The molecule has 17 heavy (non-hydrogen) atoms. The van der Waals surface area contributed by atoms with Gasteiger partial charge in [-0.25, -0.2) is 4.79 Å². The molecule has 0 radical (unpaired) electrons. The molecule has 1 aromatic rings. The highest BCUT2D eigenvalue weighted by atomic mass is 16.6. The molecule has 2 rings (SSSR count). The SMILES string of the molecule is CC1NC(=O)Oc2cn(C(C)C(C)(C)C)nc21. The molecule has 0 aliphatic carbocycles. The lowest BCUT2D eigenvalue weighted by molar-refractivity contribution is 0.189. The Morgan fingerprint density at radius 1 is 1.53 bits per heavy atom. The number of ether oxygens (including phenoxy) is 1. The second-order valence-electron chi connectivity index (χ2n) is 5.66. The van der Waals surface area contributed by atoms with Crippen molar-refractivity contribution in [3.05, 3.63) is 11.9 Å². The number of fused-ring (bicyclic) bond motifs is 1. The Balaban J connectivity index is 2.35. The van der Waals surface area contributed by atoms with Crippen LogP contribution in [0.3, 0.4) is 0 Å². The number of hydrogen-bond donors (Lipinski definition) is 1. The first kappa shape index (κ1) is 12.0. The number of nitrogens with zero attached hydrogens (tertiary/aromatic N) is 2. The highest BCUT2D eigenvalue weighted by molar-refractivity contribution is 5.73. The van der Waals surface area contributed by atoms with Crippen molar-refractivity contribution >= 4 is 6.09 Å². The van der Waals surface area contributed by atoms with E-state index in [4.69, 9.17) is 4.74 Å². The summed E-state index contributed by atoms with van der Waals surface area (Å²) >= 11 is 0. The zero-order valence-corrected chi connectivity index (χ0v) is 10.9. The van der Waals surface area contributed by atoms with Gasteiger partial charge in [0.1, 0.15) is 5.69 Å². The molecule has 1 aliphatic heterocycles. The van der Waals surface area contributed by atoms with Crippen LogP contribution < -0.4 is 10.1 Å². The number of amides is 1. The van der Waals surface area contributed by atoms with Crippen LogP contribution in [0.5, 0.6) is 5.75 Å². The lowest BCUT2D eigenvalue weighted by Crippen LogP contribution is -2.34. The Morgan fingerprint density at radius 2 is 2.18 bits per heavy atom. The number of hydrogen-bond acceptors (Lipinski definition) is 3. The Morgan fingerprint density at radius 3 is 2.76 bits per heavy atom. The van der Waals surface area contributed by atoms with E-state index in [9.17, 15) is 4.79 Å².